The summed E-state index contributed by atoms with van der Waals surface area (Å²) in [4.78, 5) is 21.6. The van der Waals surface area contributed by atoms with E-state index < -0.39 is 11.9 Å². The Bertz CT molecular complexity index is 448. The van der Waals surface area contributed by atoms with Gasteiger partial charge in [-0.15, -0.1) is 0 Å². The highest BCUT2D eigenvalue weighted by Crippen LogP contribution is 2.29. The van der Waals surface area contributed by atoms with Crippen LogP contribution in [0, 0.1) is 0 Å². The van der Waals surface area contributed by atoms with Gasteiger partial charge in [-0.2, -0.15) is 0 Å². The molecule has 16 heavy (non-hydrogen) atoms. The second-order valence-corrected chi connectivity index (χ2v) is 3.64. The number of carboxylic acid groups (broad SMARTS) is 2. The Morgan fingerprint density at radius 3 is 2.38 bits per heavy atom. The molecule has 1 fully saturated rings. The van der Waals surface area contributed by atoms with Gasteiger partial charge in [0.05, 0.1) is 11.7 Å². The molecular formula is C11H10O5. The van der Waals surface area contributed by atoms with E-state index in [0.29, 0.717) is 0 Å². The molecule has 0 radical (unpaired) electrons. The Balaban J connectivity index is 2.35. The first kappa shape index (κ1) is 10.5. The number of hydrogen-bond acceptors (Lipinski definition) is 3. The van der Waals surface area contributed by atoms with Crippen molar-refractivity contribution in [3.8, 4) is 5.75 Å². The summed E-state index contributed by atoms with van der Waals surface area (Å²) in [5, 5.41) is 17.7. The van der Waals surface area contributed by atoms with Gasteiger partial charge in [-0.3, -0.25) is 0 Å². The van der Waals surface area contributed by atoms with Gasteiger partial charge in [-0.25, -0.2) is 9.59 Å². The average molecular weight is 222 g/mol. The van der Waals surface area contributed by atoms with Crippen molar-refractivity contribution in [2.75, 3.05) is 0 Å². The molecule has 1 saturated carbocycles. The third kappa shape index (κ3) is 2.13. The van der Waals surface area contributed by atoms with Gasteiger partial charge < -0.3 is 14.9 Å². The minimum absolute atomic E-state index is 0.0550. The smallest absolute Gasteiger partial charge is 0.339 e. The van der Waals surface area contributed by atoms with Crippen LogP contribution < -0.4 is 4.74 Å². The molecule has 0 unspecified atom stereocenters. The predicted octanol–water partition coefficient (Wildman–Crippen LogP) is 1.62. The van der Waals surface area contributed by atoms with Gasteiger partial charge in [0.2, 0.25) is 0 Å². The van der Waals surface area contributed by atoms with Crippen LogP contribution in [-0.4, -0.2) is 28.3 Å². The third-order valence-corrected chi connectivity index (χ3v) is 2.27. The molecule has 5 nitrogen and oxygen atoms in total. The molecule has 0 atom stereocenters. The minimum atomic E-state index is -1.18. The minimum Gasteiger partial charge on any atom is -0.490 e. The molecule has 0 bridgehead atoms. The lowest BCUT2D eigenvalue weighted by Crippen LogP contribution is -2.07. The molecule has 0 amide bonds. The number of carbonyl (C=O) groups is 2. The molecule has 0 saturated heterocycles. The molecule has 2 N–H and O–H groups in total. The van der Waals surface area contributed by atoms with Crippen molar-refractivity contribution in [1.82, 2.24) is 0 Å². The lowest BCUT2D eigenvalue weighted by atomic mass is 10.1. The number of benzene rings is 1. The summed E-state index contributed by atoms with van der Waals surface area (Å²) in [6.07, 6.45) is 1.91. The van der Waals surface area contributed by atoms with Crippen LogP contribution in [0.15, 0.2) is 18.2 Å². The highest BCUT2D eigenvalue weighted by atomic mass is 16.5. The Labute approximate surface area is 91.3 Å². The van der Waals surface area contributed by atoms with Gasteiger partial charge >= 0.3 is 11.9 Å². The van der Waals surface area contributed by atoms with E-state index in [1.165, 1.54) is 12.1 Å². The third-order valence-electron chi connectivity index (χ3n) is 2.27. The van der Waals surface area contributed by atoms with Gasteiger partial charge in [0.25, 0.3) is 0 Å². The Kier molecular flexibility index (Phi) is 2.52. The molecule has 1 aromatic carbocycles. The van der Waals surface area contributed by atoms with E-state index in [1.807, 2.05) is 0 Å². The zero-order valence-electron chi connectivity index (χ0n) is 8.34. The Morgan fingerprint density at radius 2 is 1.88 bits per heavy atom. The summed E-state index contributed by atoms with van der Waals surface area (Å²) >= 11 is 0. The standard InChI is InChI=1S/C11H10O5/c12-10(13)6-1-4-9(16-7-2-3-7)8(5-6)11(14)15/h1,4-5,7H,2-3H2,(H,12,13)(H,14,15). The normalized spacial score (nSPS) is 14.5. The van der Waals surface area contributed by atoms with Crippen LogP contribution >= 0.6 is 0 Å². The molecule has 1 aliphatic carbocycles. The van der Waals surface area contributed by atoms with E-state index in [-0.39, 0.29) is 23.0 Å². The van der Waals surface area contributed by atoms with Crippen molar-refractivity contribution in [3.05, 3.63) is 29.3 Å². The van der Waals surface area contributed by atoms with Crippen LogP contribution in [-0.2, 0) is 0 Å². The summed E-state index contributed by atoms with van der Waals surface area (Å²) in [6.45, 7) is 0. The maximum absolute atomic E-state index is 10.9. The quantitative estimate of drug-likeness (QED) is 0.808. The molecule has 0 aromatic heterocycles. The first-order valence-corrected chi connectivity index (χ1v) is 4.85. The molecule has 0 aliphatic heterocycles. The molecule has 5 heteroatoms. The van der Waals surface area contributed by atoms with Gasteiger partial charge in [0.15, 0.2) is 0 Å². The SMILES string of the molecule is O=C(O)c1ccc(OC2CC2)c(C(=O)O)c1. The summed E-state index contributed by atoms with van der Waals surface area (Å²) in [6, 6.07) is 3.85. The Morgan fingerprint density at radius 1 is 1.19 bits per heavy atom. The second-order valence-electron chi connectivity index (χ2n) is 3.64. The van der Waals surface area contributed by atoms with Crippen molar-refractivity contribution in [2.24, 2.45) is 0 Å². The number of ether oxygens (including phenoxy) is 1. The van der Waals surface area contributed by atoms with Crippen LogP contribution in [0.25, 0.3) is 0 Å². The van der Waals surface area contributed by atoms with E-state index in [4.69, 9.17) is 14.9 Å². The fourth-order valence-electron chi connectivity index (χ4n) is 1.30. The molecule has 0 spiro atoms. The fraction of sp³-hybridized carbons (Fsp3) is 0.273. The van der Waals surface area contributed by atoms with Crippen molar-refractivity contribution in [1.29, 1.82) is 0 Å². The summed E-state index contributed by atoms with van der Waals surface area (Å²) < 4.78 is 5.38. The lowest BCUT2D eigenvalue weighted by molar-refractivity contribution is 0.0692. The molecule has 1 aromatic rings. The molecule has 0 heterocycles. The number of aromatic carboxylic acids is 2. The fourth-order valence-corrected chi connectivity index (χ4v) is 1.30. The van der Waals surface area contributed by atoms with Crippen LogP contribution in [0.2, 0.25) is 0 Å². The maximum atomic E-state index is 10.9. The highest BCUT2D eigenvalue weighted by Gasteiger charge is 2.26. The van der Waals surface area contributed by atoms with Gasteiger partial charge in [0.1, 0.15) is 11.3 Å². The van der Waals surface area contributed by atoms with E-state index in [0.717, 1.165) is 18.9 Å². The molecular weight excluding hydrogens is 212 g/mol. The van der Waals surface area contributed by atoms with Crippen molar-refractivity contribution < 1.29 is 24.5 Å². The zero-order chi connectivity index (χ0) is 11.7. The lowest BCUT2D eigenvalue weighted by Gasteiger charge is -2.08. The first-order chi connectivity index (χ1) is 7.58. The molecule has 1 aliphatic rings. The van der Waals surface area contributed by atoms with Gasteiger partial charge in [-0.05, 0) is 31.0 Å². The van der Waals surface area contributed by atoms with E-state index >= 15 is 0 Å². The zero-order valence-corrected chi connectivity index (χ0v) is 8.34. The molecule has 84 valence electrons. The number of carboxylic acids is 2. The number of hydrogen-bond donors (Lipinski definition) is 2. The maximum Gasteiger partial charge on any atom is 0.339 e. The second kappa shape index (κ2) is 3.84. The van der Waals surface area contributed by atoms with E-state index in [2.05, 4.69) is 0 Å². The highest BCUT2D eigenvalue weighted by molar-refractivity contribution is 5.95. The van der Waals surface area contributed by atoms with Crippen molar-refractivity contribution in [3.63, 3.8) is 0 Å². The average Bonchev–Trinajstić information content (AvgIpc) is 3.01. The largest absolute Gasteiger partial charge is 0.490 e. The Hall–Kier alpha value is -2.04. The van der Waals surface area contributed by atoms with Crippen LogP contribution in [0.3, 0.4) is 0 Å². The molecule has 2 rings (SSSR count). The van der Waals surface area contributed by atoms with E-state index in [1.54, 1.807) is 0 Å². The predicted molar refractivity (Wildman–Crippen MR) is 54.0 cm³/mol. The summed E-state index contributed by atoms with van der Waals surface area (Å²) in [7, 11) is 0. The van der Waals surface area contributed by atoms with Gasteiger partial charge in [0, 0.05) is 0 Å². The van der Waals surface area contributed by atoms with Crippen molar-refractivity contribution in [2.45, 2.75) is 18.9 Å². The summed E-state index contributed by atoms with van der Waals surface area (Å²) in [5.41, 5.74) is -0.160. The summed E-state index contributed by atoms with van der Waals surface area (Å²) in [5.74, 6) is -2.10. The topological polar surface area (TPSA) is 83.8 Å². The van der Waals surface area contributed by atoms with Crippen molar-refractivity contribution >= 4 is 11.9 Å². The number of rotatable bonds is 4. The first-order valence-electron chi connectivity index (χ1n) is 4.85. The van der Waals surface area contributed by atoms with Crippen LogP contribution in [0.4, 0.5) is 0 Å². The monoisotopic (exact) mass is 222 g/mol. The van der Waals surface area contributed by atoms with Gasteiger partial charge in [-0.1, -0.05) is 0 Å². The van der Waals surface area contributed by atoms with E-state index in [9.17, 15) is 9.59 Å². The van der Waals surface area contributed by atoms with Crippen LogP contribution in [0.5, 0.6) is 5.75 Å². The van der Waals surface area contributed by atoms with Crippen LogP contribution in [0.1, 0.15) is 33.6 Å².